The van der Waals surface area contributed by atoms with E-state index < -0.39 is 0 Å². The third-order valence-electron chi connectivity index (χ3n) is 1.93. The summed E-state index contributed by atoms with van der Waals surface area (Å²) in [5.41, 5.74) is 2.59. The molecule has 1 rings (SSSR count). The van der Waals surface area contributed by atoms with Crippen LogP contribution in [-0.4, -0.2) is 18.5 Å². The average molecular weight is 221 g/mol. The second-order valence-electron chi connectivity index (χ2n) is 3.73. The zero-order valence-corrected chi connectivity index (χ0v) is 9.81. The van der Waals surface area contributed by atoms with Crippen LogP contribution in [0.3, 0.4) is 0 Å². The van der Waals surface area contributed by atoms with Crippen LogP contribution >= 0.6 is 0 Å². The van der Waals surface area contributed by atoms with Crippen molar-refractivity contribution in [1.82, 2.24) is 5.43 Å². The minimum Gasteiger partial charge on any atom is -0.493 e. The summed E-state index contributed by atoms with van der Waals surface area (Å²) in [6.07, 6.45) is 0.684. The van der Waals surface area contributed by atoms with Crippen LogP contribution in [0.2, 0.25) is 0 Å². The van der Waals surface area contributed by atoms with Crippen LogP contribution in [0.25, 0.3) is 0 Å². The maximum atomic E-state index is 5.54. The predicted octanol–water partition coefficient (Wildman–Crippen LogP) is 1.73. The highest BCUT2D eigenvalue weighted by atomic mass is 16.5. The first kappa shape index (κ1) is 12.5. The number of ether oxygens (including phenoxy) is 1. The fourth-order valence-corrected chi connectivity index (χ4v) is 1.27. The van der Waals surface area contributed by atoms with Crippen LogP contribution in [0.15, 0.2) is 35.3 Å². The van der Waals surface area contributed by atoms with E-state index in [-0.39, 0.29) is 6.04 Å². The molecule has 0 radical (unpaired) electrons. The maximum absolute atomic E-state index is 5.54. The van der Waals surface area contributed by atoms with Gasteiger partial charge in [0.25, 0.3) is 0 Å². The van der Waals surface area contributed by atoms with Gasteiger partial charge in [-0.25, -0.2) is 5.84 Å². The van der Waals surface area contributed by atoms with E-state index in [1.807, 2.05) is 44.2 Å². The first-order valence-electron chi connectivity index (χ1n) is 5.43. The Morgan fingerprint density at radius 2 is 2.06 bits per heavy atom. The molecule has 0 atom stereocenters. The fraction of sp³-hybridized carbons (Fsp3) is 0.417. The Kier molecular flexibility index (Phi) is 5.36. The molecule has 0 amide bonds. The van der Waals surface area contributed by atoms with Crippen LogP contribution in [0.5, 0.6) is 5.75 Å². The lowest BCUT2D eigenvalue weighted by Crippen LogP contribution is -2.32. The van der Waals surface area contributed by atoms with Gasteiger partial charge < -0.3 is 10.2 Å². The Hall–Kier alpha value is -1.55. The van der Waals surface area contributed by atoms with E-state index in [0.717, 1.165) is 11.6 Å². The number of para-hydroxylation sites is 1. The van der Waals surface area contributed by atoms with E-state index >= 15 is 0 Å². The molecule has 0 bridgehead atoms. The Balaban J connectivity index is 2.34. The average Bonchev–Trinajstić information content (AvgIpc) is 2.28. The SMILES string of the molecule is CC(C)N=C(CCOc1ccccc1)NN. The summed E-state index contributed by atoms with van der Waals surface area (Å²) in [5.74, 6) is 7.00. The molecule has 0 fully saturated rings. The molecule has 0 aliphatic carbocycles. The second-order valence-corrected chi connectivity index (χ2v) is 3.73. The first-order chi connectivity index (χ1) is 7.72. The number of hydrogen-bond donors (Lipinski definition) is 2. The van der Waals surface area contributed by atoms with Gasteiger partial charge in [-0.05, 0) is 26.0 Å². The predicted molar refractivity (Wildman–Crippen MR) is 66.4 cm³/mol. The highest BCUT2D eigenvalue weighted by Crippen LogP contribution is 2.08. The van der Waals surface area contributed by atoms with Crippen molar-refractivity contribution in [3.05, 3.63) is 30.3 Å². The Morgan fingerprint density at radius 3 is 2.62 bits per heavy atom. The van der Waals surface area contributed by atoms with E-state index in [0.29, 0.717) is 13.0 Å². The van der Waals surface area contributed by atoms with Crippen LogP contribution in [0, 0.1) is 0 Å². The van der Waals surface area contributed by atoms with Crippen molar-refractivity contribution in [3.63, 3.8) is 0 Å². The van der Waals surface area contributed by atoms with E-state index in [1.165, 1.54) is 0 Å². The highest BCUT2D eigenvalue weighted by molar-refractivity contribution is 5.81. The number of benzene rings is 1. The fourth-order valence-electron chi connectivity index (χ4n) is 1.27. The van der Waals surface area contributed by atoms with Gasteiger partial charge >= 0.3 is 0 Å². The number of hydrazine groups is 1. The number of aliphatic imine (C=N–C) groups is 1. The van der Waals surface area contributed by atoms with Crippen molar-refractivity contribution in [1.29, 1.82) is 0 Å². The summed E-state index contributed by atoms with van der Waals surface area (Å²) in [6, 6.07) is 9.94. The van der Waals surface area contributed by atoms with Gasteiger partial charge in [0, 0.05) is 12.5 Å². The van der Waals surface area contributed by atoms with Crippen molar-refractivity contribution < 1.29 is 4.74 Å². The lowest BCUT2D eigenvalue weighted by Gasteiger charge is -2.09. The van der Waals surface area contributed by atoms with Crippen LogP contribution in [-0.2, 0) is 0 Å². The minimum atomic E-state index is 0.239. The topological polar surface area (TPSA) is 59.6 Å². The zero-order valence-electron chi connectivity index (χ0n) is 9.81. The zero-order chi connectivity index (χ0) is 11.8. The number of nitrogens with one attached hydrogen (secondary N) is 1. The van der Waals surface area contributed by atoms with Gasteiger partial charge in [0.2, 0.25) is 0 Å². The highest BCUT2D eigenvalue weighted by Gasteiger charge is 1.99. The summed E-state index contributed by atoms with van der Waals surface area (Å²) in [4.78, 5) is 4.33. The molecule has 0 saturated carbocycles. The number of amidine groups is 1. The largest absolute Gasteiger partial charge is 0.493 e. The lowest BCUT2D eigenvalue weighted by atomic mass is 10.3. The number of nitrogens with two attached hydrogens (primary N) is 1. The van der Waals surface area contributed by atoms with Crippen LogP contribution < -0.4 is 16.0 Å². The van der Waals surface area contributed by atoms with Crippen molar-refractivity contribution in [2.24, 2.45) is 10.8 Å². The first-order valence-corrected chi connectivity index (χ1v) is 5.43. The number of hydrogen-bond acceptors (Lipinski definition) is 3. The number of rotatable bonds is 5. The Morgan fingerprint density at radius 1 is 1.38 bits per heavy atom. The molecule has 3 N–H and O–H groups in total. The summed E-state index contributed by atoms with van der Waals surface area (Å²) >= 11 is 0. The van der Waals surface area contributed by atoms with Gasteiger partial charge in [0.15, 0.2) is 0 Å². The molecular weight excluding hydrogens is 202 g/mol. The Bertz CT molecular complexity index is 322. The van der Waals surface area contributed by atoms with Gasteiger partial charge in [-0.1, -0.05) is 18.2 Å². The standard InChI is InChI=1S/C12H19N3O/c1-10(2)14-12(15-13)8-9-16-11-6-4-3-5-7-11/h3-7,10H,8-9,13H2,1-2H3,(H,14,15). The molecule has 0 spiro atoms. The van der Waals surface area contributed by atoms with Gasteiger partial charge in [0.05, 0.1) is 6.61 Å². The van der Waals surface area contributed by atoms with E-state index in [9.17, 15) is 0 Å². The molecule has 0 aliphatic rings. The molecule has 1 aromatic rings. The number of nitrogens with zero attached hydrogens (tertiary/aromatic N) is 1. The van der Waals surface area contributed by atoms with Gasteiger partial charge in [-0.2, -0.15) is 0 Å². The summed E-state index contributed by atoms with van der Waals surface area (Å²) in [6.45, 7) is 4.59. The van der Waals surface area contributed by atoms with E-state index in [1.54, 1.807) is 0 Å². The van der Waals surface area contributed by atoms with Gasteiger partial charge in [-0.15, -0.1) is 0 Å². The smallest absolute Gasteiger partial charge is 0.119 e. The van der Waals surface area contributed by atoms with Crippen LogP contribution in [0.4, 0.5) is 0 Å². The normalized spacial score (nSPS) is 11.6. The van der Waals surface area contributed by atoms with E-state index in [2.05, 4.69) is 10.4 Å². The van der Waals surface area contributed by atoms with Crippen molar-refractivity contribution >= 4 is 5.84 Å². The molecule has 4 heteroatoms. The molecule has 0 unspecified atom stereocenters. The summed E-state index contributed by atoms with van der Waals surface area (Å²) in [7, 11) is 0. The molecule has 0 saturated heterocycles. The summed E-state index contributed by atoms with van der Waals surface area (Å²) in [5, 5.41) is 0. The molecule has 0 heterocycles. The molecule has 0 aliphatic heterocycles. The monoisotopic (exact) mass is 221 g/mol. The molecule has 0 aromatic heterocycles. The molecule has 88 valence electrons. The van der Waals surface area contributed by atoms with E-state index in [4.69, 9.17) is 10.6 Å². The quantitative estimate of drug-likeness (QED) is 0.344. The van der Waals surface area contributed by atoms with Gasteiger partial charge in [-0.3, -0.25) is 4.99 Å². The molecule has 1 aromatic carbocycles. The van der Waals surface area contributed by atoms with Gasteiger partial charge in [0.1, 0.15) is 11.6 Å². The second kappa shape index (κ2) is 6.85. The third-order valence-corrected chi connectivity index (χ3v) is 1.93. The third kappa shape index (κ3) is 4.79. The molecule has 4 nitrogen and oxygen atoms in total. The van der Waals surface area contributed by atoms with Crippen molar-refractivity contribution in [3.8, 4) is 5.75 Å². The molecular formula is C12H19N3O. The minimum absolute atomic E-state index is 0.239. The Labute approximate surface area is 96.5 Å². The maximum Gasteiger partial charge on any atom is 0.119 e. The molecule has 16 heavy (non-hydrogen) atoms. The van der Waals surface area contributed by atoms with Crippen molar-refractivity contribution in [2.75, 3.05) is 6.61 Å². The van der Waals surface area contributed by atoms with Crippen LogP contribution in [0.1, 0.15) is 20.3 Å². The van der Waals surface area contributed by atoms with Crippen molar-refractivity contribution in [2.45, 2.75) is 26.3 Å². The summed E-state index contributed by atoms with van der Waals surface area (Å²) < 4.78 is 5.54. The lowest BCUT2D eigenvalue weighted by molar-refractivity contribution is 0.328.